The highest BCUT2D eigenvalue weighted by molar-refractivity contribution is 8.00. The van der Waals surface area contributed by atoms with E-state index in [1.54, 1.807) is 18.2 Å². The summed E-state index contributed by atoms with van der Waals surface area (Å²) >= 11 is 1.54. The van der Waals surface area contributed by atoms with Crippen LogP contribution in [0.5, 0.6) is 0 Å². The number of carbonyl (C=O) groups excluding carboxylic acids is 2. The van der Waals surface area contributed by atoms with Gasteiger partial charge >= 0.3 is 0 Å². The van der Waals surface area contributed by atoms with E-state index in [4.69, 9.17) is 0 Å². The van der Waals surface area contributed by atoms with Crippen LogP contribution in [0.1, 0.15) is 32.3 Å². The largest absolute Gasteiger partial charge is 0.326 e. The van der Waals surface area contributed by atoms with Crippen molar-refractivity contribution in [3.8, 4) is 0 Å². The zero-order valence-electron chi connectivity index (χ0n) is 16.4. The van der Waals surface area contributed by atoms with E-state index in [2.05, 4.69) is 10.6 Å². The van der Waals surface area contributed by atoms with Gasteiger partial charge in [-0.25, -0.2) is 8.42 Å². The Bertz CT molecular complexity index is 1020. The van der Waals surface area contributed by atoms with Crippen molar-refractivity contribution < 1.29 is 18.0 Å². The molecule has 1 unspecified atom stereocenters. The van der Waals surface area contributed by atoms with E-state index in [0.717, 1.165) is 16.9 Å². The van der Waals surface area contributed by atoms with Crippen LogP contribution in [0.3, 0.4) is 0 Å². The number of rotatable bonds is 6. The second-order valence-electron chi connectivity index (χ2n) is 7.01. The molecule has 0 aliphatic carbocycles. The van der Waals surface area contributed by atoms with Crippen LogP contribution in [0.2, 0.25) is 0 Å². The van der Waals surface area contributed by atoms with Crippen LogP contribution in [0.25, 0.3) is 0 Å². The zero-order chi connectivity index (χ0) is 21.0. The van der Waals surface area contributed by atoms with Gasteiger partial charge in [-0.15, -0.1) is 11.8 Å². The molecule has 1 heterocycles. The molecule has 2 aromatic carbocycles. The third-order valence-corrected chi connectivity index (χ3v) is 7.52. The molecule has 2 amide bonds. The number of sulfone groups is 1. The third-order valence-electron chi connectivity index (χ3n) is 4.63. The molecule has 0 radical (unpaired) electrons. The molecule has 0 saturated heterocycles. The standard InChI is InChI=1S/C21H24N2O4S2/c1-3-15-4-6-16(7-5-15)22-20(24)10-11-29(26,27)17-8-9-19-18(13-17)23-21(25)12-14(2)28-19/h4-9,13-14H,3,10-12H2,1-2H3,(H,22,24)(H,23,25). The average Bonchev–Trinajstić information content (AvgIpc) is 2.82. The van der Waals surface area contributed by atoms with Crippen molar-refractivity contribution in [1.82, 2.24) is 0 Å². The zero-order valence-corrected chi connectivity index (χ0v) is 18.0. The fourth-order valence-electron chi connectivity index (χ4n) is 3.02. The molecule has 0 spiro atoms. The lowest BCUT2D eigenvalue weighted by molar-refractivity contribution is -0.116. The van der Waals surface area contributed by atoms with E-state index in [0.29, 0.717) is 17.8 Å². The molecule has 3 rings (SSSR count). The monoisotopic (exact) mass is 432 g/mol. The highest BCUT2D eigenvalue weighted by Gasteiger charge is 2.22. The number of amides is 2. The minimum atomic E-state index is -3.66. The molecular formula is C21H24N2O4S2. The molecule has 6 nitrogen and oxygen atoms in total. The van der Waals surface area contributed by atoms with Gasteiger partial charge in [-0.05, 0) is 42.3 Å². The number of hydrogen-bond donors (Lipinski definition) is 2. The normalized spacial score (nSPS) is 16.5. The lowest BCUT2D eigenvalue weighted by Gasteiger charge is -2.11. The van der Waals surface area contributed by atoms with Gasteiger partial charge in [-0.2, -0.15) is 0 Å². The topological polar surface area (TPSA) is 92.3 Å². The van der Waals surface area contributed by atoms with Gasteiger partial charge in [0.2, 0.25) is 11.8 Å². The van der Waals surface area contributed by atoms with Crippen molar-refractivity contribution in [3.63, 3.8) is 0 Å². The quantitative estimate of drug-likeness (QED) is 0.723. The second kappa shape index (κ2) is 9.00. The SMILES string of the molecule is CCc1ccc(NC(=O)CCS(=O)(=O)c2ccc3c(c2)NC(=O)CC(C)S3)cc1. The van der Waals surface area contributed by atoms with Crippen LogP contribution in [0.4, 0.5) is 11.4 Å². The maximum Gasteiger partial charge on any atom is 0.225 e. The van der Waals surface area contributed by atoms with E-state index in [9.17, 15) is 18.0 Å². The van der Waals surface area contributed by atoms with E-state index in [1.165, 1.54) is 23.9 Å². The molecule has 1 aliphatic heterocycles. The van der Waals surface area contributed by atoms with Crippen LogP contribution < -0.4 is 10.6 Å². The van der Waals surface area contributed by atoms with Crippen LogP contribution in [-0.4, -0.2) is 31.2 Å². The molecule has 1 aliphatic rings. The molecule has 8 heteroatoms. The minimum absolute atomic E-state index is 0.104. The van der Waals surface area contributed by atoms with Crippen molar-refractivity contribution in [2.24, 2.45) is 0 Å². The van der Waals surface area contributed by atoms with E-state index >= 15 is 0 Å². The summed E-state index contributed by atoms with van der Waals surface area (Å²) in [5.41, 5.74) is 2.31. The number of aryl methyl sites for hydroxylation is 1. The lowest BCUT2D eigenvalue weighted by atomic mass is 10.1. The summed E-state index contributed by atoms with van der Waals surface area (Å²) in [5.74, 6) is -0.792. The van der Waals surface area contributed by atoms with Crippen LogP contribution in [0, 0.1) is 0 Å². The number of carbonyl (C=O) groups is 2. The number of fused-ring (bicyclic) bond motifs is 1. The van der Waals surface area contributed by atoms with Crippen molar-refractivity contribution >= 4 is 44.8 Å². The van der Waals surface area contributed by atoms with Gasteiger partial charge in [-0.1, -0.05) is 26.0 Å². The summed E-state index contributed by atoms with van der Waals surface area (Å²) in [7, 11) is -3.66. The van der Waals surface area contributed by atoms with E-state index < -0.39 is 9.84 Å². The Morgan fingerprint density at radius 2 is 1.93 bits per heavy atom. The maximum absolute atomic E-state index is 12.7. The summed E-state index contributed by atoms with van der Waals surface area (Å²) in [6.45, 7) is 4.00. The molecule has 154 valence electrons. The predicted octanol–water partition coefficient (Wildman–Crippen LogP) is 3.87. The molecule has 1 atom stereocenters. The van der Waals surface area contributed by atoms with Gasteiger partial charge < -0.3 is 10.6 Å². The Hall–Kier alpha value is -2.32. The highest BCUT2D eigenvalue weighted by Crippen LogP contribution is 2.36. The minimum Gasteiger partial charge on any atom is -0.326 e. The Morgan fingerprint density at radius 3 is 2.62 bits per heavy atom. The Labute approximate surface area is 175 Å². The molecule has 29 heavy (non-hydrogen) atoms. The van der Waals surface area contributed by atoms with Gasteiger partial charge in [0, 0.05) is 28.7 Å². The van der Waals surface area contributed by atoms with Gasteiger partial charge in [0.25, 0.3) is 0 Å². The molecule has 0 aromatic heterocycles. The Kier molecular flexibility index (Phi) is 6.64. The summed E-state index contributed by atoms with van der Waals surface area (Å²) in [6, 6.07) is 12.2. The summed E-state index contributed by atoms with van der Waals surface area (Å²) in [5, 5.41) is 5.61. The summed E-state index contributed by atoms with van der Waals surface area (Å²) in [6.07, 6.45) is 1.14. The van der Waals surface area contributed by atoms with Gasteiger partial charge in [0.05, 0.1) is 16.3 Å². The predicted molar refractivity (Wildman–Crippen MR) is 116 cm³/mol. The molecule has 2 N–H and O–H groups in total. The Morgan fingerprint density at radius 1 is 1.21 bits per heavy atom. The second-order valence-corrected chi connectivity index (χ2v) is 10.6. The summed E-state index contributed by atoms with van der Waals surface area (Å²) in [4.78, 5) is 25.0. The van der Waals surface area contributed by atoms with Gasteiger partial charge in [0.15, 0.2) is 9.84 Å². The average molecular weight is 433 g/mol. The van der Waals surface area contributed by atoms with E-state index in [1.807, 2.05) is 26.0 Å². The highest BCUT2D eigenvalue weighted by atomic mass is 32.2. The van der Waals surface area contributed by atoms with Gasteiger partial charge in [-0.3, -0.25) is 9.59 Å². The summed E-state index contributed by atoms with van der Waals surface area (Å²) < 4.78 is 25.4. The molecule has 0 saturated carbocycles. The first-order chi connectivity index (χ1) is 13.8. The first-order valence-corrected chi connectivity index (χ1v) is 12.0. The lowest BCUT2D eigenvalue weighted by Crippen LogP contribution is -2.18. The maximum atomic E-state index is 12.7. The van der Waals surface area contributed by atoms with Crippen LogP contribution in [0.15, 0.2) is 52.3 Å². The first kappa shape index (κ1) is 21.4. The van der Waals surface area contributed by atoms with Crippen LogP contribution in [-0.2, 0) is 25.8 Å². The first-order valence-electron chi connectivity index (χ1n) is 9.49. The smallest absolute Gasteiger partial charge is 0.225 e. The molecular weight excluding hydrogens is 408 g/mol. The van der Waals surface area contributed by atoms with Gasteiger partial charge in [0.1, 0.15) is 0 Å². The number of hydrogen-bond acceptors (Lipinski definition) is 5. The number of anilines is 2. The molecule has 0 fully saturated rings. The third kappa shape index (κ3) is 5.61. The van der Waals surface area contributed by atoms with Crippen LogP contribution >= 0.6 is 11.8 Å². The fraction of sp³-hybridized carbons (Fsp3) is 0.333. The molecule has 2 aromatic rings. The van der Waals surface area contributed by atoms with Crippen molar-refractivity contribution in [3.05, 3.63) is 48.0 Å². The number of thioether (sulfide) groups is 1. The Balaban J connectivity index is 1.66. The van der Waals surface area contributed by atoms with Crippen molar-refractivity contribution in [2.45, 2.75) is 48.2 Å². The van der Waals surface area contributed by atoms with E-state index in [-0.39, 0.29) is 34.1 Å². The van der Waals surface area contributed by atoms with Crippen molar-refractivity contribution in [2.75, 3.05) is 16.4 Å². The molecule has 0 bridgehead atoms. The number of benzene rings is 2. The van der Waals surface area contributed by atoms with Crippen molar-refractivity contribution in [1.29, 1.82) is 0 Å². The fourth-order valence-corrected chi connectivity index (χ4v) is 5.33. The number of nitrogens with one attached hydrogen (secondary N) is 2.